The summed E-state index contributed by atoms with van der Waals surface area (Å²) < 4.78 is 10.3. The van der Waals surface area contributed by atoms with Crippen molar-refractivity contribution in [2.45, 2.75) is 0 Å². The molecular weight excluding hydrogens is 226 g/mol. The fraction of sp³-hybridized carbons (Fsp3) is 0.100. The van der Waals surface area contributed by atoms with Gasteiger partial charge in [0.1, 0.15) is 11.5 Å². The van der Waals surface area contributed by atoms with Crippen LogP contribution in [0.25, 0.3) is 0 Å². The van der Waals surface area contributed by atoms with Crippen molar-refractivity contribution in [3.05, 3.63) is 30.0 Å². The Morgan fingerprint density at radius 1 is 1.41 bits per heavy atom. The molecule has 7 heteroatoms. The van der Waals surface area contributed by atoms with Crippen molar-refractivity contribution < 1.29 is 19.4 Å². The maximum Gasteiger partial charge on any atom is 0.359 e. The average Bonchev–Trinajstić information content (AvgIpc) is 2.77. The van der Waals surface area contributed by atoms with Crippen molar-refractivity contribution in [3.63, 3.8) is 0 Å². The van der Waals surface area contributed by atoms with Crippen LogP contribution < -0.4 is 9.47 Å². The number of benzene rings is 1. The molecule has 0 aliphatic carbocycles. The number of carboxylic acid groups (broad SMARTS) is 1. The molecule has 1 aromatic carbocycles. The van der Waals surface area contributed by atoms with Crippen LogP contribution in [0.15, 0.2) is 24.3 Å². The van der Waals surface area contributed by atoms with E-state index in [0.717, 1.165) is 0 Å². The van der Waals surface area contributed by atoms with Crippen molar-refractivity contribution in [2.75, 3.05) is 7.11 Å². The molecule has 0 atom stereocenters. The van der Waals surface area contributed by atoms with E-state index in [1.165, 1.54) is 7.11 Å². The Balaban J connectivity index is 2.25. The molecule has 2 aromatic rings. The predicted molar refractivity (Wildman–Crippen MR) is 56.4 cm³/mol. The highest BCUT2D eigenvalue weighted by Gasteiger charge is 2.16. The third-order valence-corrected chi connectivity index (χ3v) is 1.99. The van der Waals surface area contributed by atoms with Crippen LogP contribution in [0, 0.1) is 0 Å². The van der Waals surface area contributed by atoms with Gasteiger partial charge in [-0.25, -0.2) is 9.89 Å². The molecule has 0 radical (unpaired) electrons. The number of hydrogen-bond donors (Lipinski definition) is 2. The highest BCUT2D eigenvalue weighted by molar-refractivity contribution is 5.87. The molecule has 0 amide bonds. The molecule has 0 saturated carbocycles. The lowest BCUT2D eigenvalue weighted by Gasteiger charge is -2.04. The Kier molecular flexibility index (Phi) is 2.91. The molecule has 2 N–H and O–H groups in total. The van der Waals surface area contributed by atoms with Gasteiger partial charge in [-0.2, -0.15) is 0 Å². The minimum absolute atomic E-state index is 0.0919. The predicted octanol–water partition coefficient (Wildman–Crippen LogP) is 1.30. The first-order chi connectivity index (χ1) is 8.20. The molecule has 0 aliphatic rings. The minimum atomic E-state index is -1.19. The molecule has 17 heavy (non-hydrogen) atoms. The Morgan fingerprint density at radius 2 is 2.18 bits per heavy atom. The van der Waals surface area contributed by atoms with Crippen molar-refractivity contribution in [1.29, 1.82) is 0 Å². The van der Waals surface area contributed by atoms with Crippen LogP contribution in [0.3, 0.4) is 0 Å². The second-order valence-corrected chi connectivity index (χ2v) is 3.08. The summed E-state index contributed by atoms with van der Waals surface area (Å²) in [5, 5.41) is 18.0. The molecule has 0 saturated heterocycles. The lowest BCUT2D eigenvalue weighted by molar-refractivity contribution is 0.0687. The first-order valence-electron chi connectivity index (χ1n) is 4.67. The summed E-state index contributed by atoms with van der Waals surface area (Å²) in [6, 6.07) is 6.73. The number of nitrogens with zero attached hydrogens (tertiary/aromatic N) is 2. The second kappa shape index (κ2) is 4.52. The fourth-order valence-corrected chi connectivity index (χ4v) is 1.21. The number of methoxy groups -OCH3 is 1. The molecule has 88 valence electrons. The minimum Gasteiger partial charge on any atom is -0.497 e. The summed E-state index contributed by atoms with van der Waals surface area (Å²) in [4.78, 5) is 10.8. The van der Waals surface area contributed by atoms with Crippen LogP contribution in [0.1, 0.15) is 10.5 Å². The smallest absolute Gasteiger partial charge is 0.359 e. The molecular formula is C10H9N3O4. The molecule has 0 unspecified atom stereocenters. The standard InChI is InChI=1S/C10H9N3O4/c1-16-6-3-2-4-7(5-6)17-9-8(10(14)15)11-13-12-9/h2-5H,1H3,(H,14,15)(H,11,12,13). The summed E-state index contributed by atoms with van der Waals surface area (Å²) in [7, 11) is 1.53. The van der Waals surface area contributed by atoms with Gasteiger partial charge in [-0.15, -0.1) is 0 Å². The number of carbonyl (C=O) groups is 1. The Morgan fingerprint density at radius 3 is 2.88 bits per heavy atom. The number of nitrogens with one attached hydrogen (secondary N) is 1. The monoisotopic (exact) mass is 235 g/mol. The van der Waals surface area contributed by atoms with E-state index in [-0.39, 0.29) is 11.6 Å². The van der Waals surface area contributed by atoms with Crippen LogP contribution in [0.4, 0.5) is 0 Å². The van der Waals surface area contributed by atoms with Gasteiger partial charge in [0.05, 0.1) is 7.11 Å². The maximum atomic E-state index is 10.8. The van der Waals surface area contributed by atoms with E-state index >= 15 is 0 Å². The first kappa shape index (κ1) is 10.9. The van der Waals surface area contributed by atoms with E-state index in [1.807, 2.05) is 0 Å². The van der Waals surface area contributed by atoms with Gasteiger partial charge in [-0.05, 0) is 12.1 Å². The molecule has 0 fully saturated rings. The van der Waals surface area contributed by atoms with Crippen molar-refractivity contribution in [2.24, 2.45) is 0 Å². The Labute approximate surface area is 96.0 Å². The summed E-state index contributed by atoms with van der Waals surface area (Å²) >= 11 is 0. The summed E-state index contributed by atoms with van der Waals surface area (Å²) in [6.45, 7) is 0. The first-order valence-corrected chi connectivity index (χ1v) is 4.67. The number of rotatable bonds is 4. The molecule has 1 heterocycles. The SMILES string of the molecule is COc1cccc(Oc2nn[nH]c2C(=O)O)c1. The zero-order valence-electron chi connectivity index (χ0n) is 8.88. The van der Waals surface area contributed by atoms with E-state index < -0.39 is 5.97 Å². The van der Waals surface area contributed by atoms with E-state index in [9.17, 15) is 4.79 Å². The summed E-state index contributed by atoms with van der Waals surface area (Å²) in [5.74, 6) is -0.262. The van der Waals surface area contributed by atoms with Crippen LogP contribution in [-0.2, 0) is 0 Å². The lowest BCUT2D eigenvalue weighted by Crippen LogP contribution is -1.99. The third kappa shape index (κ3) is 2.33. The van der Waals surface area contributed by atoms with Gasteiger partial charge in [-0.3, -0.25) is 0 Å². The van der Waals surface area contributed by atoms with Crippen LogP contribution in [-0.4, -0.2) is 33.6 Å². The second-order valence-electron chi connectivity index (χ2n) is 3.08. The van der Waals surface area contributed by atoms with Crippen molar-refractivity contribution in [1.82, 2.24) is 15.4 Å². The van der Waals surface area contributed by atoms with E-state index in [2.05, 4.69) is 15.4 Å². The van der Waals surface area contributed by atoms with Crippen LogP contribution >= 0.6 is 0 Å². The third-order valence-electron chi connectivity index (χ3n) is 1.99. The number of carboxylic acids is 1. The molecule has 7 nitrogen and oxygen atoms in total. The van der Waals surface area contributed by atoms with Gasteiger partial charge >= 0.3 is 5.97 Å². The van der Waals surface area contributed by atoms with Gasteiger partial charge in [0.15, 0.2) is 0 Å². The Bertz CT molecular complexity index is 538. The number of aromatic carboxylic acids is 1. The van der Waals surface area contributed by atoms with Gasteiger partial charge in [-0.1, -0.05) is 16.4 Å². The van der Waals surface area contributed by atoms with Crippen LogP contribution in [0.5, 0.6) is 17.4 Å². The fourth-order valence-electron chi connectivity index (χ4n) is 1.21. The van der Waals surface area contributed by atoms with Crippen molar-refractivity contribution in [3.8, 4) is 17.4 Å². The molecule has 1 aromatic heterocycles. The molecule has 0 bridgehead atoms. The van der Waals surface area contributed by atoms with E-state index in [1.54, 1.807) is 24.3 Å². The number of H-pyrrole nitrogens is 1. The van der Waals surface area contributed by atoms with E-state index in [0.29, 0.717) is 11.5 Å². The topological polar surface area (TPSA) is 97.3 Å². The lowest BCUT2D eigenvalue weighted by atomic mass is 10.3. The molecule has 2 rings (SSSR count). The zero-order valence-corrected chi connectivity index (χ0v) is 8.88. The highest BCUT2D eigenvalue weighted by atomic mass is 16.5. The van der Waals surface area contributed by atoms with Gasteiger partial charge in [0, 0.05) is 6.07 Å². The maximum absolute atomic E-state index is 10.8. The quantitative estimate of drug-likeness (QED) is 0.829. The molecule has 0 aliphatic heterocycles. The normalized spacial score (nSPS) is 9.94. The number of aromatic nitrogens is 3. The zero-order chi connectivity index (χ0) is 12.3. The van der Waals surface area contributed by atoms with Gasteiger partial charge in [0.25, 0.3) is 5.88 Å². The van der Waals surface area contributed by atoms with Gasteiger partial charge in [0.2, 0.25) is 5.69 Å². The van der Waals surface area contributed by atoms with Gasteiger partial charge < -0.3 is 14.6 Å². The van der Waals surface area contributed by atoms with E-state index in [4.69, 9.17) is 14.6 Å². The highest BCUT2D eigenvalue weighted by Crippen LogP contribution is 2.24. The average molecular weight is 235 g/mol. The van der Waals surface area contributed by atoms with Crippen LogP contribution in [0.2, 0.25) is 0 Å². The molecule has 0 spiro atoms. The number of aromatic amines is 1. The number of hydrogen-bond acceptors (Lipinski definition) is 5. The largest absolute Gasteiger partial charge is 0.497 e. The summed E-state index contributed by atoms with van der Waals surface area (Å²) in [5.41, 5.74) is -0.201. The number of ether oxygens (including phenoxy) is 2. The summed E-state index contributed by atoms with van der Waals surface area (Å²) in [6.07, 6.45) is 0. The Hall–Kier alpha value is -2.57. The van der Waals surface area contributed by atoms with Crippen molar-refractivity contribution >= 4 is 5.97 Å².